The van der Waals surface area contributed by atoms with Crippen LogP contribution in [0.5, 0.6) is 0 Å². The Labute approximate surface area is 104 Å². The van der Waals surface area contributed by atoms with Gasteiger partial charge in [-0.15, -0.1) is 0 Å². The summed E-state index contributed by atoms with van der Waals surface area (Å²) in [5.41, 5.74) is 5.75. The molecule has 0 radical (unpaired) electrons. The van der Waals surface area contributed by atoms with Crippen molar-refractivity contribution in [3.8, 4) is 0 Å². The third-order valence-electron chi connectivity index (χ3n) is 1.92. The van der Waals surface area contributed by atoms with Gasteiger partial charge in [0.15, 0.2) is 0 Å². The summed E-state index contributed by atoms with van der Waals surface area (Å²) in [7, 11) is 0. The van der Waals surface area contributed by atoms with Crippen LogP contribution < -0.4 is 16.4 Å². The molecule has 0 aromatic carbocycles. The molecule has 0 unspecified atom stereocenters. The number of amides is 2. The molecule has 0 bridgehead atoms. The van der Waals surface area contributed by atoms with Crippen LogP contribution in [0.25, 0.3) is 0 Å². The molecule has 2 amide bonds. The SMILES string of the molecule is CC(=O)NCCNC(=O)c1cnc(N)c(Cl)c1. The molecule has 0 fully saturated rings. The van der Waals surface area contributed by atoms with Crippen molar-refractivity contribution in [2.45, 2.75) is 6.92 Å². The van der Waals surface area contributed by atoms with E-state index in [4.69, 9.17) is 17.3 Å². The molecule has 0 spiro atoms. The van der Waals surface area contributed by atoms with Crippen molar-refractivity contribution >= 4 is 29.2 Å². The molecule has 0 aliphatic rings. The molecule has 1 aromatic rings. The molecular formula is C10H13ClN4O2. The van der Waals surface area contributed by atoms with Crippen LogP contribution in [0.15, 0.2) is 12.3 Å². The van der Waals surface area contributed by atoms with Gasteiger partial charge in [0.1, 0.15) is 5.82 Å². The third kappa shape index (κ3) is 4.28. The Hall–Kier alpha value is -1.82. The molecule has 1 heterocycles. The highest BCUT2D eigenvalue weighted by Crippen LogP contribution is 2.16. The van der Waals surface area contributed by atoms with Crippen molar-refractivity contribution in [2.24, 2.45) is 0 Å². The predicted octanol–water partition coefficient (Wildman–Crippen LogP) is 0.183. The Kier molecular flexibility index (Phi) is 4.71. The number of carbonyl (C=O) groups is 2. The second-order valence-corrected chi connectivity index (χ2v) is 3.74. The monoisotopic (exact) mass is 256 g/mol. The van der Waals surface area contributed by atoms with Gasteiger partial charge in [-0.2, -0.15) is 0 Å². The highest BCUT2D eigenvalue weighted by atomic mass is 35.5. The summed E-state index contributed by atoms with van der Waals surface area (Å²) >= 11 is 5.74. The molecule has 0 atom stereocenters. The Balaban J connectivity index is 2.47. The van der Waals surface area contributed by atoms with E-state index < -0.39 is 0 Å². The molecule has 0 saturated carbocycles. The van der Waals surface area contributed by atoms with Crippen molar-refractivity contribution in [1.29, 1.82) is 0 Å². The van der Waals surface area contributed by atoms with Gasteiger partial charge in [-0.3, -0.25) is 9.59 Å². The van der Waals surface area contributed by atoms with E-state index in [-0.39, 0.29) is 22.7 Å². The summed E-state index contributed by atoms with van der Waals surface area (Å²) in [4.78, 5) is 25.9. The quantitative estimate of drug-likeness (QED) is 0.670. The minimum absolute atomic E-state index is 0.142. The van der Waals surface area contributed by atoms with Crippen LogP contribution in [0.2, 0.25) is 5.02 Å². The van der Waals surface area contributed by atoms with Crippen molar-refractivity contribution < 1.29 is 9.59 Å². The van der Waals surface area contributed by atoms with Gasteiger partial charge < -0.3 is 16.4 Å². The molecule has 7 heteroatoms. The maximum Gasteiger partial charge on any atom is 0.252 e. The van der Waals surface area contributed by atoms with Crippen LogP contribution in [0.3, 0.4) is 0 Å². The maximum atomic E-state index is 11.6. The fourth-order valence-corrected chi connectivity index (χ4v) is 1.26. The normalized spacial score (nSPS) is 9.76. The number of nitrogen functional groups attached to an aromatic ring is 1. The minimum atomic E-state index is -0.315. The summed E-state index contributed by atoms with van der Waals surface area (Å²) in [6.45, 7) is 2.11. The molecular weight excluding hydrogens is 244 g/mol. The largest absolute Gasteiger partial charge is 0.382 e. The lowest BCUT2D eigenvalue weighted by atomic mass is 10.2. The Morgan fingerprint density at radius 1 is 1.41 bits per heavy atom. The average molecular weight is 257 g/mol. The number of halogens is 1. The first kappa shape index (κ1) is 13.2. The topological polar surface area (TPSA) is 97.1 Å². The van der Waals surface area contributed by atoms with Gasteiger partial charge in [-0.25, -0.2) is 4.98 Å². The fourth-order valence-electron chi connectivity index (χ4n) is 1.09. The lowest BCUT2D eigenvalue weighted by Crippen LogP contribution is -2.33. The van der Waals surface area contributed by atoms with Crippen LogP contribution in [-0.4, -0.2) is 29.9 Å². The van der Waals surface area contributed by atoms with Crippen molar-refractivity contribution in [3.63, 3.8) is 0 Å². The number of nitrogens with one attached hydrogen (secondary N) is 2. The van der Waals surface area contributed by atoms with E-state index in [1.54, 1.807) is 0 Å². The lowest BCUT2D eigenvalue weighted by molar-refractivity contribution is -0.118. The number of rotatable bonds is 4. The highest BCUT2D eigenvalue weighted by Gasteiger charge is 2.07. The summed E-state index contributed by atoms with van der Waals surface area (Å²) in [6.07, 6.45) is 1.34. The standard InChI is InChI=1S/C10H13ClN4O2/c1-6(16)13-2-3-14-10(17)7-4-8(11)9(12)15-5-7/h4-5H,2-3H2,1H3,(H2,12,15)(H,13,16)(H,14,17). The summed E-state index contributed by atoms with van der Waals surface area (Å²) in [5.74, 6) is -0.275. The average Bonchev–Trinajstić information content (AvgIpc) is 2.27. The molecule has 1 rings (SSSR count). The fraction of sp³-hybridized carbons (Fsp3) is 0.300. The van der Waals surface area contributed by atoms with Gasteiger partial charge >= 0.3 is 0 Å². The number of pyridine rings is 1. The molecule has 17 heavy (non-hydrogen) atoms. The first-order valence-electron chi connectivity index (χ1n) is 4.94. The zero-order valence-electron chi connectivity index (χ0n) is 9.29. The highest BCUT2D eigenvalue weighted by molar-refractivity contribution is 6.33. The molecule has 0 aliphatic carbocycles. The molecule has 0 saturated heterocycles. The zero-order chi connectivity index (χ0) is 12.8. The third-order valence-corrected chi connectivity index (χ3v) is 2.22. The number of aromatic nitrogens is 1. The number of carbonyl (C=O) groups excluding carboxylic acids is 2. The van der Waals surface area contributed by atoms with Crippen LogP contribution >= 0.6 is 11.6 Å². The minimum Gasteiger partial charge on any atom is -0.382 e. The second kappa shape index (κ2) is 6.05. The molecule has 92 valence electrons. The van der Waals surface area contributed by atoms with E-state index in [1.165, 1.54) is 19.2 Å². The van der Waals surface area contributed by atoms with Crippen LogP contribution in [0, 0.1) is 0 Å². The zero-order valence-corrected chi connectivity index (χ0v) is 10.0. The number of hydrogen-bond acceptors (Lipinski definition) is 4. The predicted molar refractivity (Wildman–Crippen MR) is 64.7 cm³/mol. The van der Waals surface area contributed by atoms with Crippen LogP contribution in [0.4, 0.5) is 5.82 Å². The molecule has 1 aromatic heterocycles. The van der Waals surface area contributed by atoms with E-state index in [9.17, 15) is 9.59 Å². The van der Waals surface area contributed by atoms with Gasteiger partial charge in [0.2, 0.25) is 5.91 Å². The first-order valence-corrected chi connectivity index (χ1v) is 5.32. The number of nitrogens with zero attached hydrogens (tertiary/aromatic N) is 1. The Morgan fingerprint density at radius 3 is 2.65 bits per heavy atom. The summed E-state index contributed by atoms with van der Waals surface area (Å²) in [5, 5.41) is 5.40. The number of hydrogen-bond donors (Lipinski definition) is 3. The summed E-state index contributed by atoms with van der Waals surface area (Å²) in [6, 6.07) is 1.44. The van der Waals surface area contributed by atoms with Gasteiger partial charge in [0.05, 0.1) is 10.6 Å². The Morgan fingerprint density at radius 2 is 2.06 bits per heavy atom. The molecule has 6 nitrogen and oxygen atoms in total. The molecule has 4 N–H and O–H groups in total. The molecule has 0 aliphatic heterocycles. The number of anilines is 1. The van der Waals surface area contributed by atoms with Crippen LogP contribution in [0.1, 0.15) is 17.3 Å². The Bertz CT molecular complexity index is 436. The van der Waals surface area contributed by atoms with Gasteiger partial charge in [-0.1, -0.05) is 11.6 Å². The lowest BCUT2D eigenvalue weighted by Gasteiger charge is -2.06. The number of nitrogens with two attached hydrogens (primary N) is 1. The van der Waals surface area contributed by atoms with E-state index >= 15 is 0 Å². The smallest absolute Gasteiger partial charge is 0.252 e. The van der Waals surface area contributed by atoms with E-state index in [0.717, 1.165) is 0 Å². The van der Waals surface area contributed by atoms with Crippen molar-refractivity contribution in [1.82, 2.24) is 15.6 Å². The van der Waals surface area contributed by atoms with Gasteiger partial charge in [-0.05, 0) is 6.07 Å². The van der Waals surface area contributed by atoms with E-state index in [1.807, 2.05) is 0 Å². The maximum absolute atomic E-state index is 11.6. The van der Waals surface area contributed by atoms with E-state index in [0.29, 0.717) is 18.7 Å². The summed E-state index contributed by atoms with van der Waals surface area (Å²) < 4.78 is 0. The second-order valence-electron chi connectivity index (χ2n) is 3.33. The van der Waals surface area contributed by atoms with Gasteiger partial charge in [0, 0.05) is 26.2 Å². The van der Waals surface area contributed by atoms with E-state index in [2.05, 4.69) is 15.6 Å². The van der Waals surface area contributed by atoms with Crippen molar-refractivity contribution in [2.75, 3.05) is 18.8 Å². The van der Waals surface area contributed by atoms with Crippen LogP contribution in [-0.2, 0) is 4.79 Å². The first-order chi connectivity index (χ1) is 8.00. The van der Waals surface area contributed by atoms with Crippen molar-refractivity contribution in [3.05, 3.63) is 22.8 Å². The van der Waals surface area contributed by atoms with Gasteiger partial charge in [0.25, 0.3) is 5.91 Å².